The number of carbonyl (C=O) groups is 1. The van der Waals surface area contributed by atoms with Gasteiger partial charge in [-0.1, -0.05) is 0 Å². The maximum atomic E-state index is 12.5. The average Bonchev–Trinajstić information content (AvgIpc) is 2.86. The largest absolute Gasteiger partial charge is 0.384 e. The van der Waals surface area contributed by atoms with Crippen LogP contribution in [0.4, 0.5) is 0 Å². The number of ether oxygens (including phenoxy) is 1. The molecule has 0 radical (unpaired) electrons. The first-order valence-electron chi connectivity index (χ1n) is 6.99. The van der Waals surface area contributed by atoms with Crippen LogP contribution < -0.4 is 10.6 Å². The second-order valence-corrected chi connectivity index (χ2v) is 5.33. The summed E-state index contributed by atoms with van der Waals surface area (Å²) < 4.78 is 7.12. The summed E-state index contributed by atoms with van der Waals surface area (Å²) in [4.78, 5) is 12.5. The van der Waals surface area contributed by atoms with Gasteiger partial charge in [-0.25, -0.2) is 0 Å². The Morgan fingerprint density at radius 1 is 1.55 bits per heavy atom. The zero-order valence-corrected chi connectivity index (χ0v) is 12.2. The molecule has 1 amide bonds. The number of piperidine rings is 1. The van der Waals surface area contributed by atoms with Gasteiger partial charge in [0.1, 0.15) is 12.2 Å². The number of carbonyl (C=O) groups excluding carboxylic acids is 1. The summed E-state index contributed by atoms with van der Waals surface area (Å²) in [6.45, 7) is 2.77. The van der Waals surface area contributed by atoms with E-state index < -0.39 is 0 Å². The molecule has 1 aromatic rings. The van der Waals surface area contributed by atoms with E-state index in [4.69, 9.17) is 4.74 Å². The van der Waals surface area contributed by atoms with Crippen LogP contribution in [0, 0.1) is 5.41 Å². The van der Waals surface area contributed by atoms with Crippen LogP contribution in [0.2, 0.25) is 0 Å². The maximum absolute atomic E-state index is 12.5. The first-order chi connectivity index (χ1) is 9.68. The highest BCUT2D eigenvalue weighted by molar-refractivity contribution is 5.83. The van der Waals surface area contributed by atoms with E-state index in [1.807, 2.05) is 11.6 Å². The van der Waals surface area contributed by atoms with Crippen molar-refractivity contribution in [3.63, 3.8) is 0 Å². The molecule has 20 heavy (non-hydrogen) atoms. The summed E-state index contributed by atoms with van der Waals surface area (Å²) in [7, 11) is 3.55. The lowest BCUT2D eigenvalue weighted by molar-refractivity contribution is -0.136. The average molecular weight is 281 g/mol. The van der Waals surface area contributed by atoms with Crippen LogP contribution in [-0.2, 0) is 23.0 Å². The van der Waals surface area contributed by atoms with Gasteiger partial charge in [-0.2, -0.15) is 0 Å². The SMILES string of the molecule is COCC1(C(=O)NCCc2nncn2C)CCNCC1. The van der Waals surface area contributed by atoms with Gasteiger partial charge in [-0.3, -0.25) is 4.79 Å². The Kier molecular flexibility index (Phi) is 5.08. The number of methoxy groups -OCH3 is 1. The van der Waals surface area contributed by atoms with Crippen LogP contribution in [-0.4, -0.2) is 54.0 Å². The Hall–Kier alpha value is -1.47. The lowest BCUT2D eigenvalue weighted by atomic mass is 9.78. The number of nitrogens with one attached hydrogen (secondary N) is 2. The molecule has 2 N–H and O–H groups in total. The van der Waals surface area contributed by atoms with Crippen molar-refractivity contribution in [2.24, 2.45) is 12.5 Å². The van der Waals surface area contributed by atoms with E-state index in [1.165, 1.54) is 0 Å². The molecule has 0 atom stereocenters. The molecule has 0 bridgehead atoms. The van der Waals surface area contributed by atoms with Crippen molar-refractivity contribution in [1.29, 1.82) is 0 Å². The highest BCUT2D eigenvalue weighted by atomic mass is 16.5. The minimum atomic E-state index is -0.389. The lowest BCUT2D eigenvalue weighted by Crippen LogP contribution is -2.50. The van der Waals surface area contributed by atoms with Crippen molar-refractivity contribution in [2.45, 2.75) is 19.3 Å². The van der Waals surface area contributed by atoms with Crippen molar-refractivity contribution in [2.75, 3.05) is 33.4 Å². The van der Waals surface area contributed by atoms with Crippen molar-refractivity contribution in [1.82, 2.24) is 25.4 Å². The molecule has 0 aromatic carbocycles. The van der Waals surface area contributed by atoms with Crippen LogP contribution in [0.25, 0.3) is 0 Å². The van der Waals surface area contributed by atoms with E-state index in [-0.39, 0.29) is 11.3 Å². The third kappa shape index (κ3) is 3.34. The van der Waals surface area contributed by atoms with Gasteiger partial charge < -0.3 is 19.9 Å². The first-order valence-corrected chi connectivity index (χ1v) is 6.99. The molecule has 0 saturated carbocycles. The van der Waals surface area contributed by atoms with Gasteiger partial charge in [0.2, 0.25) is 5.91 Å². The molecule has 1 fully saturated rings. The molecule has 1 aliphatic heterocycles. The Bertz CT molecular complexity index is 434. The van der Waals surface area contributed by atoms with Gasteiger partial charge in [0.05, 0.1) is 12.0 Å². The van der Waals surface area contributed by atoms with Crippen molar-refractivity contribution >= 4 is 5.91 Å². The second-order valence-electron chi connectivity index (χ2n) is 5.33. The summed E-state index contributed by atoms with van der Waals surface area (Å²) in [5.74, 6) is 0.958. The van der Waals surface area contributed by atoms with E-state index in [0.29, 0.717) is 19.6 Å². The quantitative estimate of drug-likeness (QED) is 0.734. The van der Waals surface area contributed by atoms with E-state index in [9.17, 15) is 4.79 Å². The third-order valence-corrected chi connectivity index (χ3v) is 3.90. The van der Waals surface area contributed by atoms with Crippen LogP contribution in [0.15, 0.2) is 6.33 Å². The van der Waals surface area contributed by atoms with Crippen LogP contribution in [0.1, 0.15) is 18.7 Å². The number of rotatable bonds is 6. The van der Waals surface area contributed by atoms with Gasteiger partial charge >= 0.3 is 0 Å². The summed E-state index contributed by atoms with van der Waals surface area (Å²) in [5, 5.41) is 14.1. The van der Waals surface area contributed by atoms with Gasteiger partial charge in [-0.15, -0.1) is 10.2 Å². The molecule has 2 rings (SSSR count). The third-order valence-electron chi connectivity index (χ3n) is 3.90. The first kappa shape index (κ1) is 14.9. The molecule has 0 spiro atoms. The molecule has 7 heteroatoms. The zero-order valence-electron chi connectivity index (χ0n) is 12.2. The molecule has 1 saturated heterocycles. The number of amides is 1. The predicted octanol–water partition coefficient (Wildman–Crippen LogP) is -0.510. The fraction of sp³-hybridized carbons (Fsp3) is 0.769. The Labute approximate surface area is 119 Å². The number of aryl methyl sites for hydroxylation is 1. The van der Waals surface area contributed by atoms with Crippen LogP contribution in [0.3, 0.4) is 0 Å². The topological polar surface area (TPSA) is 81.1 Å². The summed E-state index contributed by atoms with van der Waals surface area (Å²) in [6.07, 6.45) is 3.98. The highest BCUT2D eigenvalue weighted by Gasteiger charge is 2.39. The van der Waals surface area contributed by atoms with Crippen molar-refractivity contribution in [3.05, 3.63) is 12.2 Å². The standard InChI is InChI=1S/C13H23N5O2/c1-18-10-16-17-11(18)3-6-15-12(19)13(9-20-2)4-7-14-8-5-13/h10,14H,3-9H2,1-2H3,(H,15,19). The van der Waals surface area contributed by atoms with E-state index >= 15 is 0 Å². The summed E-state index contributed by atoms with van der Waals surface area (Å²) in [6, 6.07) is 0. The fourth-order valence-electron chi connectivity index (χ4n) is 2.63. The zero-order chi connectivity index (χ0) is 14.4. The van der Waals surface area contributed by atoms with E-state index in [1.54, 1.807) is 13.4 Å². The molecule has 1 aliphatic rings. The minimum absolute atomic E-state index is 0.0861. The van der Waals surface area contributed by atoms with E-state index in [0.717, 1.165) is 31.8 Å². The number of hydrogen-bond acceptors (Lipinski definition) is 5. The molecule has 2 heterocycles. The number of hydrogen-bond donors (Lipinski definition) is 2. The predicted molar refractivity (Wildman–Crippen MR) is 74.1 cm³/mol. The van der Waals surface area contributed by atoms with Crippen molar-refractivity contribution in [3.8, 4) is 0 Å². The Morgan fingerprint density at radius 2 is 2.30 bits per heavy atom. The second kappa shape index (κ2) is 6.81. The highest BCUT2D eigenvalue weighted by Crippen LogP contribution is 2.29. The monoisotopic (exact) mass is 281 g/mol. The van der Waals surface area contributed by atoms with Gasteiger partial charge in [0.25, 0.3) is 0 Å². The molecule has 0 aliphatic carbocycles. The number of aromatic nitrogens is 3. The Morgan fingerprint density at radius 3 is 2.90 bits per heavy atom. The van der Waals surface area contributed by atoms with Gasteiger partial charge in [-0.05, 0) is 25.9 Å². The molecular formula is C13H23N5O2. The molecule has 0 unspecified atom stereocenters. The maximum Gasteiger partial charge on any atom is 0.228 e. The van der Waals surface area contributed by atoms with Crippen LogP contribution in [0.5, 0.6) is 0 Å². The Balaban J connectivity index is 1.87. The van der Waals surface area contributed by atoms with Crippen LogP contribution >= 0.6 is 0 Å². The summed E-state index contributed by atoms with van der Waals surface area (Å²) in [5.41, 5.74) is -0.389. The minimum Gasteiger partial charge on any atom is -0.384 e. The molecule has 112 valence electrons. The summed E-state index contributed by atoms with van der Waals surface area (Å²) >= 11 is 0. The van der Waals surface area contributed by atoms with E-state index in [2.05, 4.69) is 20.8 Å². The van der Waals surface area contributed by atoms with Gasteiger partial charge in [0.15, 0.2) is 0 Å². The molecule has 1 aromatic heterocycles. The van der Waals surface area contributed by atoms with Gasteiger partial charge in [0, 0.05) is 27.1 Å². The molecule has 7 nitrogen and oxygen atoms in total. The lowest BCUT2D eigenvalue weighted by Gasteiger charge is -2.35. The number of nitrogens with zero attached hydrogens (tertiary/aromatic N) is 3. The fourth-order valence-corrected chi connectivity index (χ4v) is 2.63. The smallest absolute Gasteiger partial charge is 0.228 e. The van der Waals surface area contributed by atoms with Crippen molar-refractivity contribution < 1.29 is 9.53 Å². The normalized spacial score (nSPS) is 17.9. The molecular weight excluding hydrogens is 258 g/mol.